The molecule has 2 rings (SSSR count). The van der Waals surface area contributed by atoms with E-state index in [0.29, 0.717) is 13.0 Å². The third-order valence-electron chi connectivity index (χ3n) is 2.86. The van der Waals surface area contributed by atoms with E-state index in [4.69, 9.17) is 0 Å². The highest BCUT2D eigenvalue weighted by atomic mass is 16.6. The predicted molar refractivity (Wildman–Crippen MR) is 80.9 cm³/mol. The average Bonchev–Trinajstić information content (AvgIpc) is 2.54. The molecule has 2 aromatic rings. The van der Waals surface area contributed by atoms with Gasteiger partial charge in [-0.2, -0.15) is 0 Å². The fourth-order valence-corrected chi connectivity index (χ4v) is 1.73. The van der Waals surface area contributed by atoms with Gasteiger partial charge in [0.05, 0.1) is 4.92 Å². The molecule has 1 aromatic heterocycles. The summed E-state index contributed by atoms with van der Waals surface area (Å²) in [7, 11) is 0. The summed E-state index contributed by atoms with van der Waals surface area (Å²) in [5.41, 5.74) is 1.69. The lowest BCUT2D eigenvalue weighted by Gasteiger charge is -2.01. The number of non-ortho nitro benzene ring substituents is 1. The topological polar surface area (TPSA) is 98.0 Å². The molecule has 1 aromatic carbocycles. The van der Waals surface area contributed by atoms with Gasteiger partial charge >= 0.3 is 0 Å². The van der Waals surface area contributed by atoms with Gasteiger partial charge in [-0.25, -0.2) is 9.97 Å². The first-order chi connectivity index (χ1) is 10.6. The molecule has 0 aliphatic carbocycles. The van der Waals surface area contributed by atoms with Gasteiger partial charge in [-0.15, -0.1) is 0 Å². The maximum atomic E-state index is 11.6. The van der Waals surface area contributed by atoms with Crippen LogP contribution in [0.4, 0.5) is 5.69 Å². The Kier molecular flexibility index (Phi) is 5.31. The smallest absolute Gasteiger partial charge is 0.269 e. The van der Waals surface area contributed by atoms with E-state index in [9.17, 15) is 14.9 Å². The van der Waals surface area contributed by atoms with Crippen LogP contribution >= 0.6 is 0 Å². The number of amides is 1. The van der Waals surface area contributed by atoms with Gasteiger partial charge < -0.3 is 5.32 Å². The van der Waals surface area contributed by atoms with E-state index < -0.39 is 4.92 Å². The van der Waals surface area contributed by atoms with Crippen molar-refractivity contribution in [1.82, 2.24) is 15.3 Å². The van der Waals surface area contributed by atoms with Gasteiger partial charge in [-0.05, 0) is 35.8 Å². The van der Waals surface area contributed by atoms with Crippen molar-refractivity contribution in [3.8, 4) is 0 Å². The first-order valence-corrected chi connectivity index (χ1v) is 6.59. The second-order valence-corrected chi connectivity index (χ2v) is 4.47. The second-order valence-electron chi connectivity index (χ2n) is 4.47. The first-order valence-electron chi connectivity index (χ1n) is 6.59. The Morgan fingerprint density at radius 1 is 1.23 bits per heavy atom. The van der Waals surface area contributed by atoms with Crippen LogP contribution in [0.25, 0.3) is 6.08 Å². The number of carbonyl (C=O) groups is 1. The quantitative estimate of drug-likeness (QED) is 0.498. The Bertz CT molecular complexity index is 669. The molecule has 0 saturated carbocycles. The molecule has 22 heavy (non-hydrogen) atoms. The number of carbonyl (C=O) groups excluding carboxylic acids is 1. The molecule has 1 heterocycles. The zero-order valence-corrected chi connectivity index (χ0v) is 11.7. The summed E-state index contributed by atoms with van der Waals surface area (Å²) in [4.78, 5) is 29.5. The van der Waals surface area contributed by atoms with Gasteiger partial charge in [0.1, 0.15) is 6.33 Å². The summed E-state index contributed by atoms with van der Waals surface area (Å²) < 4.78 is 0. The van der Waals surface area contributed by atoms with Gasteiger partial charge in [0, 0.05) is 37.1 Å². The number of hydrogen-bond acceptors (Lipinski definition) is 5. The largest absolute Gasteiger partial charge is 0.352 e. The molecule has 0 radical (unpaired) electrons. The summed E-state index contributed by atoms with van der Waals surface area (Å²) in [6, 6.07) is 5.96. The molecule has 7 heteroatoms. The van der Waals surface area contributed by atoms with Crippen LogP contribution in [0.3, 0.4) is 0 Å². The van der Waals surface area contributed by atoms with E-state index in [1.54, 1.807) is 30.6 Å². The number of nitrogens with zero attached hydrogens (tertiary/aromatic N) is 3. The van der Waals surface area contributed by atoms with Crippen molar-refractivity contribution in [2.45, 2.75) is 6.42 Å². The van der Waals surface area contributed by atoms with Gasteiger partial charge in [0.15, 0.2) is 0 Å². The zero-order chi connectivity index (χ0) is 15.8. The summed E-state index contributed by atoms with van der Waals surface area (Å²) >= 11 is 0. The van der Waals surface area contributed by atoms with E-state index in [0.717, 1.165) is 11.1 Å². The lowest BCUT2D eigenvalue weighted by molar-refractivity contribution is -0.384. The average molecular weight is 298 g/mol. The molecule has 0 bridgehead atoms. The van der Waals surface area contributed by atoms with Crippen LogP contribution in [0.5, 0.6) is 0 Å². The van der Waals surface area contributed by atoms with Crippen LogP contribution in [0.2, 0.25) is 0 Å². The van der Waals surface area contributed by atoms with E-state index in [2.05, 4.69) is 15.3 Å². The number of nitro benzene ring substituents is 1. The maximum Gasteiger partial charge on any atom is 0.269 e. The summed E-state index contributed by atoms with van der Waals surface area (Å²) in [5, 5.41) is 13.3. The Balaban J connectivity index is 1.80. The van der Waals surface area contributed by atoms with Gasteiger partial charge in [-0.1, -0.05) is 0 Å². The van der Waals surface area contributed by atoms with E-state index in [-0.39, 0.29) is 11.6 Å². The fraction of sp³-hybridized carbons (Fsp3) is 0.133. The highest BCUT2D eigenvalue weighted by molar-refractivity contribution is 5.91. The molecule has 0 aliphatic heterocycles. The molecule has 0 atom stereocenters. The lowest BCUT2D eigenvalue weighted by atomic mass is 10.2. The van der Waals surface area contributed by atoms with E-state index >= 15 is 0 Å². The Morgan fingerprint density at radius 3 is 2.55 bits per heavy atom. The van der Waals surface area contributed by atoms with Crippen LogP contribution in [-0.4, -0.2) is 27.3 Å². The van der Waals surface area contributed by atoms with Crippen molar-refractivity contribution < 1.29 is 9.72 Å². The number of nitro groups is 1. The van der Waals surface area contributed by atoms with Crippen LogP contribution in [0.1, 0.15) is 11.1 Å². The molecular formula is C15H14N4O3. The number of benzene rings is 1. The molecular weight excluding hydrogens is 284 g/mol. The number of rotatable bonds is 6. The molecule has 0 fully saturated rings. The lowest BCUT2D eigenvalue weighted by Crippen LogP contribution is -2.23. The van der Waals surface area contributed by atoms with Crippen molar-refractivity contribution in [2.75, 3.05) is 6.54 Å². The summed E-state index contributed by atoms with van der Waals surface area (Å²) in [6.07, 6.45) is 8.50. The van der Waals surface area contributed by atoms with Gasteiger partial charge in [0.25, 0.3) is 5.69 Å². The van der Waals surface area contributed by atoms with Crippen LogP contribution in [0, 0.1) is 10.1 Å². The summed E-state index contributed by atoms with van der Waals surface area (Å²) in [6.45, 7) is 0.483. The molecule has 1 N–H and O–H groups in total. The standard InChI is InChI=1S/C15H14N4O3/c20-15(18-8-7-13-9-16-11-17-10-13)6-3-12-1-4-14(5-2-12)19(21)22/h1-6,9-11H,7-8H2,(H,18,20)/b6-3+. The molecule has 1 amide bonds. The second kappa shape index (κ2) is 7.63. The summed E-state index contributed by atoms with van der Waals surface area (Å²) in [5.74, 6) is -0.227. The highest BCUT2D eigenvalue weighted by Crippen LogP contribution is 2.12. The van der Waals surface area contributed by atoms with Crippen LogP contribution in [0.15, 0.2) is 49.1 Å². The fourth-order valence-electron chi connectivity index (χ4n) is 1.73. The third kappa shape index (κ3) is 4.78. The van der Waals surface area contributed by atoms with Crippen molar-refractivity contribution in [3.63, 3.8) is 0 Å². The van der Waals surface area contributed by atoms with Gasteiger partial charge in [0.2, 0.25) is 5.91 Å². The Labute approximate surface area is 126 Å². The molecule has 0 aliphatic rings. The molecule has 0 unspecified atom stereocenters. The van der Waals surface area contributed by atoms with Crippen LogP contribution in [-0.2, 0) is 11.2 Å². The van der Waals surface area contributed by atoms with Crippen molar-refractivity contribution >= 4 is 17.7 Å². The monoisotopic (exact) mass is 298 g/mol. The number of aromatic nitrogens is 2. The zero-order valence-electron chi connectivity index (χ0n) is 11.7. The first kappa shape index (κ1) is 15.3. The van der Waals surface area contributed by atoms with Crippen molar-refractivity contribution in [1.29, 1.82) is 0 Å². The van der Waals surface area contributed by atoms with Crippen molar-refractivity contribution in [3.05, 3.63) is 70.3 Å². The number of hydrogen-bond donors (Lipinski definition) is 1. The SMILES string of the molecule is O=C(/C=C/c1ccc([N+](=O)[O-])cc1)NCCc1cncnc1. The van der Waals surface area contributed by atoms with Crippen molar-refractivity contribution in [2.24, 2.45) is 0 Å². The molecule has 0 saturated heterocycles. The number of nitrogens with one attached hydrogen (secondary N) is 1. The highest BCUT2D eigenvalue weighted by Gasteiger charge is 2.02. The molecule has 7 nitrogen and oxygen atoms in total. The van der Waals surface area contributed by atoms with E-state index in [1.165, 1.54) is 24.5 Å². The van der Waals surface area contributed by atoms with Crippen LogP contribution < -0.4 is 5.32 Å². The Hall–Kier alpha value is -3.09. The molecule has 112 valence electrons. The molecule has 0 spiro atoms. The Morgan fingerprint density at radius 2 is 1.91 bits per heavy atom. The predicted octanol–water partition coefficient (Wildman–Crippen LogP) is 1.76. The van der Waals surface area contributed by atoms with Gasteiger partial charge in [-0.3, -0.25) is 14.9 Å². The minimum Gasteiger partial charge on any atom is -0.352 e. The minimum atomic E-state index is -0.465. The minimum absolute atomic E-state index is 0.0201. The van der Waals surface area contributed by atoms with E-state index in [1.807, 2.05) is 0 Å². The maximum absolute atomic E-state index is 11.6. The normalized spacial score (nSPS) is 10.5. The third-order valence-corrected chi connectivity index (χ3v) is 2.86.